The van der Waals surface area contributed by atoms with E-state index in [0.717, 1.165) is 36.0 Å². The zero-order valence-electron chi connectivity index (χ0n) is 14.2. The number of carbonyl (C=O) groups is 1. The van der Waals surface area contributed by atoms with Crippen molar-refractivity contribution in [2.24, 2.45) is 0 Å². The minimum absolute atomic E-state index is 0.148. The maximum absolute atomic E-state index is 12.5. The van der Waals surface area contributed by atoms with Crippen LogP contribution in [0.15, 0.2) is 42.5 Å². The predicted octanol–water partition coefficient (Wildman–Crippen LogP) is 5.33. The average Bonchev–Trinajstić information content (AvgIpc) is 2.51. The summed E-state index contributed by atoms with van der Waals surface area (Å²) in [5.74, 6) is 0. The molecule has 0 heterocycles. The molecule has 2 aromatic rings. The summed E-state index contributed by atoms with van der Waals surface area (Å²) in [5.41, 5.74) is 4.83. The summed E-state index contributed by atoms with van der Waals surface area (Å²) < 4.78 is 12.4. The standard InChI is InChI=1S/C20H25O2P/c1-15-13-16(2)19(17(3)14-15)20(21)23(22)12-8-7-11-18-9-5-4-6-10-18/h4-6,9-10,13-14,23H,7-8,11-12H2,1-3H3. The third-order valence-electron chi connectivity index (χ3n) is 4.12. The van der Waals surface area contributed by atoms with E-state index in [1.807, 2.05) is 51.1 Å². The molecule has 23 heavy (non-hydrogen) atoms. The predicted molar refractivity (Wildman–Crippen MR) is 98.2 cm³/mol. The van der Waals surface area contributed by atoms with Gasteiger partial charge in [0.2, 0.25) is 5.52 Å². The second kappa shape index (κ2) is 8.26. The normalized spacial score (nSPS) is 12.1. The van der Waals surface area contributed by atoms with Crippen molar-refractivity contribution in [2.45, 2.75) is 40.0 Å². The molecular weight excluding hydrogens is 303 g/mol. The third kappa shape index (κ3) is 4.91. The number of aryl methyl sites for hydroxylation is 4. The summed E-state index contributed by atoms with van der Waals surface area (Å²) in [6, 6.07) is 14.3. The highest BCUT2D eigenvalue weighted by atomic mass is 31.1. The third-order valence-corrected chi connectivity index (χ3v) is 5.68. The van der Waals surface area contributed by atoms with Crippen LogP contribution in [0.2, 0.25) is 0 Å². The van der Waals surface area contributed by atoms with Crippen LogP contribution in [0.5, 0.6) is 0 Å². The SMILES string of the molecule is Cc1cc(C)c(C(=O)[PH](=O)CCCCc2ccccc2)c(C)c1. The Morgan fingerprint density at radius 2 is 1.57 bits per heavy atom. The molecule has 0 spiro atoms. The average molecular weight is 328 g/mol. The Kier molecular flexibility index (Phi) is 6.36. The van der Waals surface area contributed by atoms with Gasteiger partial charge >= 0.3 is 0 Å². The van der Waals surface area contributed by atoms with Crippen molar-refractivity contribution in [3.8, 4) is 0 Å². The van der Waals surface area contributed by atoms with E-state index in [4.69, 9.17) is 0 Å². The van der Waals surface area contributed by atoms with Crippen molar-refractivity contribution in [3.05, 3.63) is 70.3 Å². The van der Waals surface area contributed by atoms with Gasteiger partial charge in [0.1, 0.15) is 7.80 Å². The monoisotopic (exact) mass is 328 g/mol. The van der Waals surface area contributed by atoms with Crippen LogP contribution in [0.4, 0.5) is 0 Å². The molecule has 0 amide bonds. The molecule has 0 bridgehead atoms. The quantitative estimate of drug-likeness (QED) is 0.508. The molecular formula is C20H25O2P. The minimum atomic E-state index is -2.22. The van der Waals surface area contributed by atoms with Crippen LogP contribution in [0.25, 0.3) is 0 Å². The first kappa shape index (κ1) is 17.7. The van der Waals surface area contributed by atoms with Gasteiger partial charge in [-0.25, -0.2) is 0 Å². The molecule has 1 atom stereocenters. The highest BCUT2D eigenvalue weighted by Crippen LogP contribution is 2.32. The van der Waals surface area contributed by atoms with Crippen LogP contribution < -0.4 is 0 Å². The van der Waals surface area contributed by atoms with Crippen LogP contribution in [0.1, 0.15) is 45.5 Å². The molecule has 1 unspecified atom stereocenters. The minimum Gasteiger partial charge on any atom is -0.318 e. The van der Waals surface area contributed by atoms with Gasteiger partial charge in [-0.3, -0.25) is 4.79 Å². The fourth-order valence-corrected chi connectivity index (χ4v) is 4.52. The van der Waals surface area contributed by atoms with E-state index < -0.39 is 7.80 Å². The fourth-order valence-electron chi connectivity index (χ4n) is 3.05. The van der Waals surface area contributed by atoms with Crippen LogP contribution >= 0.6 is 7.80 Å². The van der Waals surface area contributed by atoms with Crippen molar-refractivity contribution in [1.82, 2.24) is 0 Å². The Labute approximate surface area is 139 Å². The van der Waals surface area contributed by atoms with Crippen LogP contribution in [0, 0.1) is 20.8 Å². The number of benzene rings is 2. The van der Waals surface area contributed by atoms with E-state index >= 15 is 0 Å². The second-order valence-electron chi connectivity index (χ2n) is 6.22. The number of rotatable bonds is 7. The van der Waals surface area contributed by atoms with Gasteiger partial charge in [-0.05, 0) is 56.7 Å². The molecule has 3 heteroatoms. The first-order valence-corrected chi connectivity index (χ1v) is 9.80. The second-order valence-corrected chi connectivity index (χ2v) is 8.02. The highest BCUT2D eigenvalue weighted by molar-refractivity contribution is 7.64. The summed E-state index contributed by atoms with van der Waals surface area (Å²) in [4.78, 5) is 12.5. The summed E-state index contributed by atoms with van der Waals surface area (Å²) in [5, 5.41) is 0. The van der Waals surface area contributed by atoms with Crippen molar-refractivity contribution in [3.63, 3.8) is 0 Å². The molecule has 0 aliphatic carbocycles. The summed E-state index contributed by atoms with van der Waals surface area (Å²) >= 11 is 0. The van der Waals surface area contributed by atoms with E-state index in [9.17, 15) is 9.36 Å². The number of hydrogen-bond acceptors (Lipinski definition) is 2. The lowest BCUT2D eigenvalue weighted by molar-refractivity contribution is 0.107. The van der Waals surface area contributed by atoms with Gasteiger partial charge in [-0.1, -0.05) is 48.0 Å². The molecule has 0 saturated heterocycles. The Morgan fingerprint density at radius 3 is 2.17 bits per heavy atom. The van der Waals surface area contributed by atoms with Crippen molar-refractivity contribution < 1.29 is 9.36 Å². The van der Waals surface area contributed by atoms with Gasteiger partial charge in [0, 0.05) is 11.7 Å². The van der Waals surface area contributed by atoms with Gasteiger partial charge in [0.15, 0.2) is 0 Å². The molecule has 0 fully saturated rings. The molecule has 0 aliphatic rings. The van der Waals surface area contributed by atoms with Gasteiger partial charge in [0.05, 0.1) is 0 Å². The molecule has 0 aromatic heterocycles. The Bertz CT molecular complexity index is 682. The molecule has 0 aliphatic heterocycles. The highest BCUT2D eigenvalue weighted by Gasteiger charge is 2.18. The van der Waals surface area contributed by atoms with Gasteiger partial charge in [0.25, 0.3) is 0 Å². The molecule has 0 radical (unpaired) electrons. The molecule has 2 rings (SSSR count). The topological polar surface area (TPSA) is 34.1 Å². The van der Waals surface area contributed by atoms with Gasteiger partial charge in [-0.2, -0.15) is 0 Å². The zero-order chi connectivity index (χ0) is 16.8. The molecule has 2 aromatic carbocycles. The summed E-state index contributed by atoms with van der Waals surface area (Å²) in [6.45, 7) is 5.87. The molecule has 122 valence electrons. The first-order valence-electron chi connectivity index (χ1n) is 8.18. The number of hydrogen-bond donors (Lipinski definition) is 0. The van der Waals surface area contributed by atoms with E-state index in [0.29, 0.717) is 11.7 Å². The van der Waals surface area contributed by atoms with Crippen molar-refractivity contribution >= 4 is 13.3 Å². The van der Waals surface area contributed by atoms with E-state index in [-0.39, 0.29) is 5.52 Å². The van der Waals surface area contributed by atoms with Crippen molar-refractivity contribution in [2.75, 3.05) is 6.16 Å². The smallest absolute Gasteiger partial charge is 0.219 e. The lowest BCUT2D eigenvalue weighted by Gasteiger charge is -2.10. The maximum Gasteiger partial charge on any atom is 0.219 e. The van der Waals surface area contributed by atoms with Crippen LogP contribution in [0.3, 0.4) is 0 Å². The van der Waals surface area contributed by atoms with E-state index in [1.54, 1.807) is 0 Å². The summed E-state index contributed by atoms with van der Waals surface area (Å²) in [7, 11) is -2.22. The lowest BCUT2D eigenvalue weighted by Crippen LogP contribution is -2.03. The first-order chi connectivity index (χ1) is 11.0. The molecule has 2 nitrogen and oxygen atoms in total. The molecule has 0 saturated carbocycles. The fraction of sp³-hybridized carbons (Fsp3) is 0.350. The summed E-state index contributed by atoms with van der Waals surface area (Å²) in [6.07, 6.45) is 3.30. The largest absolute Gasteiger partial charge is 0.318 e. The Morgan fingerprint density at radius 1 is 0.957 bits per heavy atom. The van der Waals surface area contributed by atoms with Gasteiger partial charge < -0.3 is 4.57 Å². The number of unbranched alkanes of at least 4 members (excludes halogenated alkanes) is 1. The Balaban J connectivity index is 1.90. The van der Waals surface area contributed by atoms with Crippen molar-refractivity contribution in [1.29, 1.82) is 0 Å². The molecule has 0 N–H and O–H groups in total. The Hall–Kier alpha value is -1.66. The van der Waals surface area contributed by atoms with E-state index in [1.165, 1.54) is 5.56 Å². The number of carbonyl (C=O) groups excluding carboxylic acids is 1. The zero-order valence-corrected chi connectivity index (χ0v) is 15.2. The van der Waals surface area contributed by atoms with Crippen LogP contribution in [-0.4, -0.2) is 11.7 Å². The maximum atomic E-state index is 12.5. The van der Waals surface area contributed by atoms with Gasteiger partial charge in [-0.15, -0.1) is 0 Å². The van der Waals surface area contributed by atoms with E-state index in [2.05, 4.69) is 12.1 Å². The van der Waals surface area contributed by atoms with Crippen LogP contribution in [-0.2, 0) is 11.0 Å². The lowest BCUT2D eigenvalue weighted by atomic mass is 10.0.